The molecule has 0 aliphatic heterocycles. The standard InChI is InChI=1S/C29H33NO5S/c1-29(2,3)35-30-28(31)21-26(20-23-10-6-5-7-11-23)36(32,33)25-18-15-22(16-19-25)14-17-24-12-8-9-13-27(24)34-4/h5-19,26H,20-21H2,1-4H3,(H,30,31)/b17-14+. The van der Waals surface area contributed by atoms with Gasteiger partial charge >= 0.3 is 0 Å². The Labute approximate surface area is 213 Å². The molecule has 36 heavy (non-hydrogen) atoms. The van der Waals surface area contributed by atoms with Gasteiger partial charge in [0.25, 0.3) is 0 Å². The fourth-order valence-electron chi connectivity index (χ4n) is 3.58. The Bertz CT molecular complexity index is 1280. The second-order valence-electron chi connectivity index (χ2n) is 9.44. The predicted octanol–water partition coefficient (Wildman–Crippen LogP) is 5.49. The number of para-hydroxylation sites is 1. The number of methoxy groups -OCH3 is 1. The van der Waals surface area contributed by atoms with Gasteiger partial charge in [-0.25, -0.2) is 13.9 Å². The molecule has 1 N–H and O–H groups in total. The van der Waals surface area contributed by atoms with E-state index in [1.165, 1.54) is 0 Å². The first-order chi connectivity index (χ1) is 17.1. The first-order valence-corrected chi connectivity index (χ1v) is 13.3. The lowest BCUT2D eigenvalue weighted by Crippen LogP contribution is -2.37. The zero-order chi connectivity index (χ0) is 26.2. The van der Waals surface area contributed by atoms with Crippen LogP contribution >= 0.6 is 0 Å². The Hall–Kier alpha value is -3.42. The van der Waals surface area contributed by atoms with Gasteiger partial charge in [0.05, 0.1) is 22.9 Å². The second-order valence-corrected chi connectivity index (χ2v) is 11.7. The molecule has 0 fully saturated rings. The van der Waals surface area contributed by atoms with Crippen molar-refractivity contribution in [3.63, 3.8) is 0 Å². The summed E-state index contributed by atoms with van der Waals surface area (Å²) in [4.78, 5) is 18.1. The molecule has 0 aromatic heterocycles. The number of ether oxygens (including phenoxy) is 1. The molecule has 0 aliphatic rings. The van der Waals surface area contributed by atoms with Crippen molar-refractivity contribution in [3.05, 3.63) is 95.6 Å². The lowest BCUT2D eigenvalue weighted by atomic mass is 10.1. The highest BCUT2D eigenvalue weighted by atomic mass is 32.2. The van der Waals surface area contributed by atoms with E-state index >= 15 is 0 Å². The molecule has 0 aliphatic carbocycles. The highest BCUT2D eigenvalue weighted by Crippen LogP contribution is 2.24. The number of amides is 1. The van der Waals surface area contributed by atoms with Crippen LogP contribution in [0.2, 0.25) is 0 Å². The van der Waals surface area contributed by atoms with Crippen LogP contribution in [0.1, 0.15) is 43.9 Å². The Balaban J connectivity index is 1.82. The van der Waals surface area contributed by atoms with Crippen LogP contribution in [0.5, 0.6) is 5.75 Å². The highest BCUT2D eigenvalue weighted by Gasteiger charge is 2.30. The fraction of sp³-hybridized carbons (Fsp3) is 0.276. The summed E-state index contributed by atoms with van der Waals surface area (Å²) in [6, 6.07) is 23.6. The smallest absolute Gasteiger partial charge is 0.244 e. The highest BCUT2D eigenvalue weighted by molar-refractivity contribution is 7.92. The van der Waals surface area contributed by atoms with E-state index in [-0.39, 0.29) is 17.7 Å². The van der Waals surface area contributed by atoms with E-state index < -0.39 is 26.6 Å². The van der Waals surface area contributed by atoms with Crippen LogP contribution in [0.4, 0.5) is 0 Å². The largest absolute Gasteiger partial charge is 0.496 e. The molecule has 0 saturated heterocycles. The predicted molar refractivity (Wildman–Crippen MR) is 143 cm³/mol. The SMILES string of the molecule is COc1ccccc1/C=C/c1ccc(S(=O)(=O)C(CC(=O)NOC(C)(C)C)Cc2ccccc2)cc1. The molecule has 0 saturated carbocycles. The van der Waals surface area contributed by atoms with E-state index in [1.54, 1.807) is 52.1 Å². The van der Waals surface area contributed by atoms with Crippen LogP contribution in [-0.2, 0) is 25.9 Å². The molecule has 1 unspecified atom stereocenters. The molecule has 7 heteroatoms. The third-order valence-corrected chi connectivity index (χ3v) is 7.57. The molecule has 0 bridgehead atoms. The normalized spacial score (nSPS) is 12.9. The minimum atomic E-state index is -3.80. The summed E-state index contributed by atoms with van der Waals surface area (Å²) >= 11 is 0. The Morgan fingerprint density at radius 1 is 0.917 bits per heavy atom. The van der Waals surface area contributed by atoms with Crippen molar-refractivity contribution in [2.75, 3.05) is 7.11 Å². The van der Waals surface area contributed by atoms with E-state index in [4.69, 9.17) is 9.57 Å². The number of hydroxylamine groups is 1. The lowest BCUT2D eigenvalue weighted by Gasteiger charge is -2.21. The summed E-state index contributed by atoms with van der Waals surface area (Å²) in [6.45, 7) is 5.40. The van der Waals surface area contributed by atoms with Crippen molar-refractivity contribution >= 4 is 27.9 Å². The molecule has 190 valence electrons. The van der Waals surface area contributed by atoms with Gasteiger partial charge in [0.15, 0.2) is 9.84 Å². The van der Waals surface area contributed by atoms with Gasteiger partial charge in [0, 0.05) is 12.0 Å². The molecular weight excluding hydrogens is 474 g/mol. The lowest BCUT2D eigenvalue weighted by molar-refractivity contribution is -0.145. The van der Waals surface area contributed by atoms with Gasteiger partial charge in [-0.15, -0.1) is 0 Å². The number of benzene rings is 3. The molecule has 3 aromatic rings. The molecule has 0 radical (unpaired) electrons. The molecule has 0 spiro atoms. The summed E-state index contributed by atoms with van der Waals surface area (Å²) in [5.41, 5.74) is 4.41. The second kappa shape index (κ2) is 12.0. The zero-order valence-corrected chi connectivity index (χ0v) is 21.9. The maximum atomic E-state index is 13.6. The summed E-state index contributed by atoms with van der Waals surface area (Å²) in [6.07, 6.45) is 3.80. The van der Waals surface area contributed by atoms with E-state index in [0.717, 1.165) is 22.4 Å². The van der Waals surface area contributed by atoms with Crippen molar-refractivity contribution in [1.29, 1.82) is 0 Å². The Morgan fingerprint density at radius 3 is 2.19 bits per heavy atom. The van der Waals surface area contributed by atoms with Crippen LogP contribution in [0.15, 0.2) is 83.8 Å². The Morgan fingerprint density at radius 2 is 1.56 bits per heavy atom. The third-order valence-electron chi connectivity index (χ3n) is 5.43. The summed E-state index contributed by atoms with van der Waals surface area (Å²) < 4.78 is 32.6. The summed E-state index contributed by atoms with van der Waals surface area (Å²) in [5, 5.41) is -0.946. The molecule has 1 atom stereocenters. The first-order valence-electron chi connectivity index (χ1n) is 11.7. The van der Waals surface area contributed by atoms with Crippen LogP contribution < -0.4 is 10.2 Å². The van der Waals surface area contributed by atoms with Gasteiger partial charge in [0.2, 0.25) is 5.91 Å². The molecule has 0 heterocycles. The van der Waals surface area contributed by atoms with Crippen molar-refractivity contribution in [2.45, 2.75) is 49.4 Å². The summed E-state index contributed by atoms with van der Waals surface area (Å²) in [5.74, 6) is 0.274. The number of hydrogen-bond donors (Lipinski definition) is 1. The fourth-order valence-corrected chi connectivity index (χ4v) is 5.26. The van der Waals surface area contributed by atoms with Gasteiger partial charge in [-0.2, -0.15) is 0 Å². The maximum Gasteiger partial charge on any atom is 0.244 e. The number of carbonyl (C=O) groups is 1. The zero-order valence-electron chi connectivity index (χ0n) is 21.1. The van der Waals surface area contributed by atoms with E-state index in [0.29, 0.717) is 0 Å². The maximum absolute atomic E-state index is 13.6. The van der Waals surface area contributed by atoms with Crippen LogP contribution in [-0.4, -0.2) is 32.3 Å². The first kappa shape index (κ1) is 27.2. The monoisotopic (exact) mass is 507 g/mol. The molecule has 3 aromatic carbocycles. The third kappa shape index (κ3) is 7.80. The molecular formula is C29H33NO5S. The van der Waals surface area contributed by atoms with Crippen LogP contribution in [0.25, 0.3) is 12.2 Å². The van der Waals surface area contributed by atoms with Crippen molar-refractivity contribution in [1.82, 2.24) is 5.48 Å². The van der Waals surface area contributed by atoms with E-state index in [1.807, 2.05) is 66.7 Å². The average molecular weight is 508 g/mol. The Kier molecular flexibility index (Phi) is 9.07. The van der Waals surface area contributed by atoms with Crippen molar-refractivity contribution in [3.8, 4) is 5.75 Å². The van der Waals surface area contributed by atoms with E-state index in [9.17, 15) is 13.2 Å². The number of carbonyl (C=O) groups excluding carboxylic acids is 1. The molecule has 3 rings (SSSR count). The quantitative estimate of drug-likeness (QED) is 0.290. The number of nitrogens with one attached hydrogen (secondary N) is 1. The minimum Gasteiger partial charge on any atom is -0.496 e. The van der Waals surface area contributed by atoms with E-state index in [2.05, 4.69) is 5.48 Å². The van der Waals surface area contributed by atoms with Crippen molar-refractivity contribution < 1.29 is 22.8 Å². The number of sulfone groups is 1. The molecule has 1 amide bonds. The topological polar surface area (TPSA) is 81.7 Å². The van der Waals surface area contributed by atoms with Crippen LogP contribution in [0, 0.1) is 0 Å². The van der Waals surface area contributed by atoms with Gasteiger partial charge in [0.1, 0.15) is 5.75 Å². The van der Waals surface area contributed by atoms with Crippen molar-refractivity contribution in [2.24, 2.45) is 0 Å². The van der Waals surface area contributed by atoms with Gasteiger partial charge in [-0.05, 0) is 56.5 Å². The number of rotatable bonds is 10. The van der Waals surface area contributed by atoms with Gasteiger partial charge in [-0.3, -0.25) is 9.63 Å². The minimum absolute atomic E-state index is 0.169. The van der Waals surface area contributed by atoms with Gasteiger partial charge < -0.3 is 4.74 Å². The average Bonchev–Trinajstić information content (AvgIpc) is 2.86. The van der Waals surface area contributed by atoms with Gasteiger partial charge in [-0.1, -0.05) is 72.8 Å². The number of hydrogen-bond acceptors (Lipinski definition) is 5. The molecule has 6 nitrogen and oxygen atoms in total. The van der Waals surface area contributed by atoms with Crippen LogP contribution in [0.3, 0.4) is 0 Å². The summed E-state index contributed by atoms with van der Waals surface area (Å²) in [7, 11) is -2.18.